The van der Waals surface area contributed by atoms with E-state index in [-0.39, 0.29) is 17.9 Å². The predicted octanol–water partition coefficient (Wildman–Crippen LogP) is 3.14. The molecule has 7 heteroatoms. The number of amides is 1. The highest BCUT2D eigenvalue weighted by Gasteiger charge is 2.26. The first kappa shape index (κ1) is 19.0. The van der Waals surface area contributed by atoms with Crippen LogP contribution in [0.3, 0.4) is 0 Å². The van der Waals surface area contributed by atoms with Crippen LogP contribution in [0.15, 0.2) is 0 Å². The molecule has 3 rings (SSSR count). The average molecular weight is 376 g/mol. The number of nitrogen functional groups attached to an aromatic ring is 1. The molecule has 0 spiro atoms. The highest BCUT2D eigenvalue weighted by Crippen LogP contribution is 2.33. The van der Waals surface area contributed by atoms with Crippen LogP contribution in [0.2, 0.25) is 0 Å². The van der Waals surface area contributed by atoms with Crippen molar-refractivity contribution >= 4 is 33.3 Å². The summed E-state index contributed by atoms with van der Waals surface area (Å²) in [5.74, 6) is 1.64. The van der Waals surface area contributed by atoms with Crippen LogP contribution in [0, 0.1) is 19.8 Å². The first-order valence-corrected chi connectivity index (χ1v) is 10.2. The second kappa shape index (κ2) is 7.48. The van der Waals surface area contributed by atoms with Gasteiger partial charge in [-0.05, 0) is 32.8 Å². The molecule has 2 N–H and O–H groups in total. The Balaban J connectivity index is 1.80. The lowest BCUT2D eigenvalue weighted by Gasteiger charge is -2.27. The van der Waals surface area contributed by atoms with E-state index in [1.807, 2.05) is 18.7 Å². The van der Waals surface area contributed by atoms with Crippen LogP contribution in [-0.2, 0) is 4.79 Å². The fourth-order valence-electron chi connectivity index (χ4n) is 3.56. The van der Waals surface area contributed by atoms with Crippen molar-refractivity contribution in [2.45, 2.75) is 47.1 Å². The number of carbonyl (C=O) groups excluding carboxylic acids is 1. The molecule has 0 aromatic carbocycles. The van der Waals surface area contributed by atoms with Gasteiger partial charge in [0.15, 0.2) is 0 Å². The fraction of sp³-hybridized carbons (Fsp3) is 0.632. The van der Waals surface area contributed by atoms with E-state index in [9.17, 15) is 4.79 Å². The molecule has 6 nitrogen and oxygen atoms in total. The van der Waals surface area contributed by atoms with Gasteiger partial charge >= 0.3 is 0 Å². The van der Waals surface area contributed by atoms with Gasteiger partial charge in [-0.25, -0.2) is 9.97 Å². The van der Waals surface area contributed by atoms with Crippen molar-refractivity contribution in [2.24, 2.45) is 5.92 Å². The molecular weight excluding hydrogens is 346 g/mol. The second-order valence-corrected chi connectivity index (χ2v) is 8.68. The summed E-state index contributed by atoms with van der Waals surface area (Å²) in [5.41, 5.74) is 7.43. The van der Waals surface area contributed by atoms with Crippen molar-refractivity contribution in [1.82, 2.24) is 19.8 Å². The van der Waals surface area contributed by atoms with E-state index >= 15 is 0 Å². The Hall–Kier alpha value is -1.73. The molecule has 0 aliphatic carbocycles. The number of hydrogen-bond acceptors (Lipinski definition) is 6. The first-order valence-electron chi connectivity index (χ1n) is 9.35. The number of nitrogens with zero attached hydrogens (tertiary/aromatic N) is 4. The molecule has 1 unspecified atom stereocenters. The van der Waals surface area contributed by atoms with Crippen LogP contribution in [0.5, 0.6) is 0 Å². The van der Waals surface area contributed by atoms with E-state index in [4.69, 9.17) is 10.7 Å². The zero-order valence-electron chi connectivity index (χ0n) is 16.4. The Kier molecular flexibility index (Phi) is 5.48. The van der Waals surface area contributed by atoms with E-state index < -0.39 is 0 Å². The van der Waals surface area contributed by atoms with Gasteiger partial charge in [0.05, 0.1) is 11.4 Å². The minimum Gasteiger partial charge on any atom is -0.383 e. The molecule has 2 aromatic rings. The van der Waals surface area contributed by atoms with Gasteiger partial charge in [0.25, 0.3) is 0 Å². The lowest BCUT2D eigenvalue weighted by molar-refractivity contribution is -0.134. The second-order valence-electron chi connectivity index (χ2n) is 7.48. The summed E-state index contributed by atoms with van der Waals surface area (Å²) in [6, 6.07) is 0.0820. The van der Waals surface area contributed by atoms with Crippen LogP contribution in [0.25, 0.3) is 10.2 Å². The smallest absolute Gasteiger partial charge is 0.225 e. The van der Waals surface area contributed by atoms with Crippen LogP contribution in [0.4, 0.5) is 5.82 Å². The largest absolute Gasteiger partial charge is 0.383 e. The molecule has 1 atom stereocenters. The van der Waals surface area contributed by atoms with Crippen molar-refractivity contribution in [1.29, 1.82) is 0 Å². The Morgan fingerprint density at radius 1 is 1.12 bits per heavy atom. The number of anilines is 1. The summed E-state index contributed by atoms with van der Waals surface area (Å²) < 4.78 is 0. The number of carbonyl (C=O) groups is 1. The summed E-state index contributed by atoms with van der Waals surface area (Å²) >= 11 is 1.68. The van der Waals surface area contributed by atoms with Gasteiger partial charge in [0, 0.05) is 37.0 Å². The van der Waals surface area contributed by atoms with Crippen molar-refractivity contribution in [3.8, 4) is 0 Å². The zero-order valence-corrected chi connectivity index (χ0v) is 17.2. The Morgan fingerprint density at radius 2 is 1.85 bits per heavy atom. The van der Waals surface area contributed by atoms with Crippen LogP contribution >= 0.6 is 11.3 Å². The summed E-state index contributed by atoms with van der Waals surface area (Å²) in [6.45, 7) is 13.6. The number of aromatic nitrogens is 2. The fourth-order valence-corrected chi connectivity index (χ4v) is 4.60. The maximum Gasteiger partial charge on any atom is 0.225 e. The number of thiophene rings is 1. The normalized spacial score (nSPS) is 17.7. The summed E-state index contributed by atoms with van der Waals surface area (Å²) in [6.07, 6.45) is 0.970. The molecular formula is C19H29N5OS. The van der Waals surface area contributed by atoms with E-state index in [2.05, 4.69) is 30.7 Å². The summed E-state index contributed by atoms with van der Waals surface area (Å²) in [7, 11) is 0. The van der Waals surface area contributed by atoms with E-state index in [1.54, 1.807) is 11.3 Å². The number of fused-ring (bicyclic) bond motifs is 1. The van der Waals surface area contributed by atoms with Gasteiger partial charge < -0.3 is 10.6 Å². The molecule has 1 aliphatic heterocycles. The maximum absolute atomic E-state index is 12.3. The summed E-state index contributed by atoms with van der Waals surface area (Å²) in [4.78, 5) is 28.3. The third-order valence-corrected chi connectivity index (χ3v) is 6.43. The molecule has 1 amide bonds. The lowest BCUT2D eigenvalue weighted by Crippen LogP contribution is -2.38. The summed E-state index contributed by atoms with van der Waals surface area (Å²) in [5, 5.41) is 0.994. The Morgan fingerprint density at radius 3 is 2.54 bits per heavy atom. The van der Waals surface area contributed by atoms with Crippen molar-refractivity contribution in [3.05, 3.63) is 16.3 Å². The lowest BCUT2D eigenvalue weighted by atomic mass is 10.2. The predicted molar refractivity (Wildman–Crippen MR) is 107 cm³/mol. The van der Waals surface area contributed by atoms with E-state index in [0.717, 1.165) is 48.6 Å². The molecule has 26 heavy (non-hydrogen) atoms. The van der Waals surface area contributed by atoms with Gasteiger partial charge in [0.1, 0.15) is 16.5 Å². The molecule has 1 saturated heterocycles. The third kappa shape index (κ3) is 3.55. The van der Waals surface area contributed by atoms with Gasteiger partial charge in [-0.15, -0.1) is 11.3 Å². The standard InChI is InChI=1S/C19H29N5OS/c1-11(2)19(25)24-8-6-7-23(9-10-24)13(4)17-21-16(20)15-12(3)14(5)26-18(15)22-17/h11,13H,6-10H2,1-5H3,(H2,20,21,22). The molecule has 1 aliphatic rings. The van der Waals surface area contributed by atoms with Gasteiger partial charge in [-0.2, -0.15) is 0 Å². The zero-order chi connectivity index (χ0) is 19.0. The van der Waals surface area contributed by atoms with Crippen molar-refractivity contribution in [3.63, 3.8) is 0 Å². The molecule has 3 heterocycles. The van der Waals surface area contributed by atoms with Gasteiger partial charge in [-0.3, -0.25) is 9.69 Å². The van der Waals surface area contributed by atoms with Crippen LogP contribution in [-0.4, -0.2) is 51.9 Å². The van der Waals surface area contributed by atoms with E-state index in [1.165, 1.54) is 10.4 Å². The number of rotatable bonds is 3. The number of nitrogens with two attached hydrogens (primary N) is 1. The quantitative estimate of drug-likeness (QED) is 0.892. The SMILES string of the molecule is Cc1sc2nc(C(C)N3CCCN(C(=O)C(C)C)CC3)nc(N)c2c1C. The topological polar surface area (TPSA) is 75.4 Å². The molecule has 1 fully saturated rings. The van der Waals surface area contributed by atoms with E-state index in [0.29, 0.717) is 5.82 Å². The number of hydrogen-bond donors (Lipinski definition) is 1. The maximum atomic E-state index is 12.3. The molecule has 0 radical (unpaired) electrons. The molecule has 142 valence electrons. The minimum absolute atomic E-state index is 0.0508. The molecule has 0 bridgehead atoms. The Labute approximate surface area is 159 Å². The molecule has 2 aromatic heterocycles. The number of aryl methyl sites for hydroxylation is 2. The third-order valence-electron chi connectivity index (χ3n) is 5.33. The minimum atomic E-state index is 0.0508. The van der Waals surface area contributed by atoms with Gasteiger partial charge in [0.2, 0.25) is 5.91 Å². The van der Waals surface area contributed by atoms with Crippen LogP contribution in [0.1, 0.15) is 49.5 Å². The highest BCUT2D eigenvalue weighted by molar-refractivity contribution is 7.18. The first-order chi connectivity index (χ1) is 12.3. The van der Waals surface area contributed by atoms with Crippen LogP contribution < -0.4 is 5.73 Å². The molecule has 0 saturated carbocycles. The monoisotopic (exact) mass is 375 g/mol. The Bertz CT molecular complexity index is 816. The van der Waals surface area contributed by atoms with Crippen molar-refractivity contribution in [2.75, 3.05) is 31.9 Å². The van der Waals surface area contributed by atoms with Crippen molar-refractivity contribution < 1.29 is 4.79 Å². The van der Waals surface area contributed by atoms with Gasteiger partial charge in [-0.1, -0.05) is 13.8 Å². The highest BCUT2D eigenvalue weighted by atomic mass is 32.1. The average Bonchev–Trinajstić information content (AvgIpc) is 2.78.